The second-order valence-corrected chi connectivity index (χ2v) is 6.05. The average Bonchev–Trinajstić information content (AvgIpc) is 3.26. The van der Waals surface area contributed by atoms with E-state index in [1.54, 1.807) is 29.4 Å². The van der Waals surface area contributed by atoms with Crippen molar-refractivity contribution in [3.63, 3.8) is 0 Å². The van der Waals surface area contributed by atoms with Gasteiger partial charge in [-0.15, -0.1) is 0 Å². The summed E-state index contributed by atoms with van der Waals surface area (Å²) in [5.74, 6) is -0.483. The molecule has 0 aliphatic carbocycles. The summed E-state index contributed by atoms with van der Waals surface area (Å²) in [6, 6.07) is 15.0. The van der Waals surface area contributed by atoms with Crippen LogP contribution >= 0.6 is 0 Å². The molecule has 6 nitrogen and oxygen atoms in total. The van der Waals surface area contributed by atoms with Crippen molar-refractivity contribution in [2.45, 2.75) is 13.0 Å². The molecular formula is C21H21N3O3. The first kappa shape index (κ1) is 18.4. The number of aromatic nitrogens is 2. The molecule has 2 aromatic heterocycles. The molecule has 1 aromatic carbocycles. The number of carbonyl (C=O) groups is 2. The third-order valence-electron chi connectivity index (χ3n) is 4.21. The zero-order chi connectivity index (χ0) is 19.1. The summed E-state index contributed by atoms with van der Waals surface area (Å²) in [6.07, 6.45) is 7.44. The standard InChI is InChI=1S/C21H21N3O3/c1-27-20(25)10-14-24(16-17-5-4-11-22-15-17)21(26)18-6-8-19(9-7-18)23-12-2-3-13-23/h2-9,11-13,15H,10,14,16H2,1H3. The lowest BCUT2D eigenvalue weighted by Gasteiger charge is -2.22. The van der Waals surface area contributed by atoms with Gasteiger partial charge in [0.1, 0.15) is 0 Å². The van der Waals surface area contributed by atoms with Crippen LogP contribution in [-0.4, -0.2) is 40.0 Å². The van der Waals surface area contributed by atoms with Crippen molar-refractivity contribution in [1.29, 1.82) is 0 Å². The van der Waals surface area contributed by atoms with E-state index in [1.807, 2.05) is 53.4 Å². The Bertz CT molecular complexity index is 875. The second-order valence-electron chi connectivity index (χ2n) is 6.05. The van der Waals surface area contributed by atoms with E-state index in [1.165, 1.54) is 7.11 Å². The zero-order valence-electron chi connectivity index (χ0n) is 15.1. The largest absolute Gasteiger partial charge is 0.469 e. The Kier molecular flexibility index (Phi) is 5.99. The van der Waals surface area contributed by atoms with E-state index in [2.05, 4.69) is 4.98 Å². The predicted molar refractivity (Wildman–Crippen MR) is 101 cm³/mol. The minimum atomic E-state index is -0.345. The van der Waals surface area contributed by atoms with Gasteiger partial charge in [-0.2, -0.15) is 0 Å². The van der Waals surface area contributed by atoms with E-state index in [9.17, 15) is 9.59 Å². The van der Waals surface area contributed by atoms with E-state index in [0.717, 1.165) is 11.3 Å². The first-order chi connectivity index (χ1) is 13.2. The molecule has 0 fully saturated rings. The summed E-state index contributed by atoms with van der Waals surface area (Å²) in [6.45, 7) is 0.656. The van der Waals surface area contributed by atoms with Gasteiger partial charge < -0.3 is 14.2 Å². The molecule has 0 saturated carbocycles. The maximum atomic E-state index is 13.0. The Morgan fingerprint density at radius 2 is 1.81 bits per heavy atom. The SMILES string of the molecule is COC(=O)CCN(Cc1cccnc1)C(=O)c1ccc(-n2cccc2)cc1. The topological polar surface area (TPSA) is 64.4 Å². The molecule has 0 spiro atoms. The lowest BCUT2D eigenvalue weighted by atomic mass is 10.1. The second kappa shape index (κ2) is 8.80. The van der Waals surface area contributed by atoms with Gasteiger partial charge in [-0.25, -0.2) is 0 Å². The van der Waals surface area contributed by atoms with Gasteiger partial charge in [0, 0.05) is 49.1 Å². The van der Waals surface area contributed by atoms with E-state index in [4.69, 9.17) is 4.74 Å². The Morgan fingerprint density at radius 1 is 1.07 bits per heavy atom. The normalized spacial score (nSPS) is 10.4. The van der Waals surface area contributed by atoms with Crippen LogP contribution in [0.15, 0.2) is 73.3 Å². The highest BCUT2D eigenvalue weighted by atomic mass is 16.5. The van der Waals surface area contributed by atoms with Crippen molar-refractivity contribution in [2.24, 2.45) is 0 Å². The summed E-state index contributed by atoms with van der Waals surface area (Å²) in [5, 5.41) is 0. The van der Waals surface area contributed by atoms with Crippen molar-refractivity contribution in [1.82, 2.24) is 14.5 Å². The Hall–Kier alpha value is -3.41. The van der Waals surface area contributed by atoms with Gasteiger partial charge in [-0.1, -0.05) is 6.07 Å². The summed E-state index contributed by atoms with van der Waals surface area (Å²) in [4.78, 5) is 30.2. The monoisotopic (exact) mass is 363 g/mol. The van der Waals surface area contributed by atoms with Crippen molar-refractivity contribution >= 4 is 11.9 Å². The Morgan fingerprint density at radius 3 is 2.44 bits per heavy atom. The number of pyridine rings is 1. The number of ether oxygens (including phenoxy) is 1. The van der Waals surface area contributed by atoms with Gasteiger partial charge in [-0.05, 0) is 48.0 Å². The highest BCUT2D eigenvalue weighted by molar-refractivity contribution is 5.94. The maximum absolute atomic E-state index is 13.0. The van der Waals surface area contributed by atoms with Gasteiger partial charge in [0.15, 0.2) is 0 Å². The fourth-order valence-electron chi connectivity index (χ4n) is 2.76. The highest BCUT2D eigenvalue weighted by Gasteiger charge is 2.18. The van der Waals surface area contributed by atoms with E-state index in [-0.39, 0.29) is 24.8 Å². The van der Waals surface area contributed by atoms with Crippen LogP contribution in [0.1, 0.15) is 22.3 Å². The van der Waals surface area contributed by atoms with Crippen molar-refractivity contribution in [3.05, 3.63) is 84.4 Å². The molecule has 0 radical (unpaired) electrons. The quantitative estimate of drug-likeness (QED) is 0.605. The van der Waals surface area contributed by atoms with Crippen LogP contribution in [0, 0.1) is 0 Å². The summed E-state index contributed by atoms with van der Waals surface area (Å²) in [5.41, 5.74) is 2.45. The molecule has 0 atom stereocenters. The van der Waals surface area contributed by atoms with E-state index in [0.29, 0.717) is 12.1 Å². The average molecular weight is 363 g/mol. The highest BCUT2D eigenvalue weighted by Crippen LogP contribution is 2.14. The molecule has 0 unspecified atom stereocenters. The van der Waals surface area contributed by atoms with Gasteiger partial charge in [0.2, 0.25) is 0 Å². The van der Waals surface area contributed by atoms with Crippen molar-refractivity contribution in [2.75, 3.05) is 13.7 Å². The predicted octanol–water partition coefficient (Wildman–Crippen LogP) is 3.08. The lowest BCUT2D eigenvalue weighted by Crippen LogP contribution is -2.32. The molecular weight excluding hydrogens is 342 g/mol. The number of methoxy groups -OCH3 is 1. The van der Waals surface area contributed by atoms with Crippen LogP contribution < -0.4 is 0 Å². The molecule has 138 valence electrons. The van der Waals surface area contributed by atoms with Crippen LogP contribution in [0.3, 0.4) is 0 Å². The van der Waals surface area contributed by atoms with E-state index >= 15 is 0 Å². The molecule has 6 heteroatoms. The summed E-state index contributed by atoms with van der Waals surface area (Å²) < 4.78 is 6.67. The van der Waals surface area contributed by atoms with Crippen molar-refractivity contribution in [3.8, 4) is 5.69 Å². The van der Waals surface area contributed by atoms with Crippen LogP contribution in [0.4, 0.5) is 0 Å². The Labute approximate surface area is 158 Å². The number of hydrogen-bond acceptors (Lipinski definition) is 4. The fourth-order valence-corrected chi connectivity index (χ4v) is 2.76. The maximum Gasteiger partial charge on any atom is 0.307 e. The number of esters is 1. The molecule has 0 N–H and O–H groups in total. The van der Waals surface area contributed by atoms with Crippen molar-refractivity contribution < 1.29 is 14.3 Å². The van der Waals surface area contributed by atoms with Gasteiger partial charge in [0.05, 0.1) is 13.5 Å². The molecule has 27 heavy (non-hydrogen) atoms. The van der Waals surface area contributed by atoms with Crippen LogP contribution in [-0.2, 0) is 16.1 Å². The van der Waals surface area contributed by atoms with Gasteiger partial charge in [-0.3, -0.25) is 14.6 Å². The first-order valence-electron chi connectivity index (χ1n) is 8.66. The molecule has 0 aliphatic heterocycles. The third kappa shape index (κ3) is 4.82. The molecule has 0 aliphatic rings. The van der Waals surface area contributed by atoms with Gasteiger partial charge in [0.25, 0.3) is 5.91 Å². The van der Waals surface area contributed by atoms with Crippen LogP contribution in [0.25, 0.3) is 5.69 Å². The fraction of sp³-hybridized carbons (Fsp3) is 0.190. The third-order valence-corrected chi connectivity index (χ3v) is 4.21. The molecule has 0 saturated heterocycles. The first-order valence-corrected chi connectivity index (χ1v) is 8.66. The minimum absolute atomic E-state index is 0.137. The zero-order valence-corrected chi connectivity index (χ0v) is 15.1. The van der Waals surface area contributed by atoms with E-state index < -0.39 is 0 Å². The van der Waals surface area contributed by atoms with Crippen LogP contribution in [0.5, 0.6) is 0 Å². The number of amides is 1. The smallest absolute Gasteiger partial charge is 0.307 e. The minimum Gasteiger partial charge on any atom is -0.469 e. The summed E-state index contributed by atoms with van der Waals surface area (Å²) in [7, 11) is 1.34. The molecule has 3 aromatic rings. The molecule has 1 amide bonds. The molecule has 2 heterocycles. The summed E-state index contributed by atoms with van der Waals surface area (Å²) >= 11 is 0. The van der Waals surface area contributed by atoms with Gasteiger partial charge >= 0.3 is 5.97 Å². The lowest BCUT2D eigenvalue weighted by molar-refractivity contribution is -0.140. The number of nitrogens with zero attached hydrogens (tertiary/aromatic N) is 3. The number of hydrogen-bond donors (Lipinski definition) is 0. The number of carbonyl (C=O) groups excluding carboxylic acids is 2. The number of benzene rings is 1. The number of rotatable bonds is 7. The van der Waals surface area contributed by atoms with Crippen LogP contribution in [0.2, 0.25) is 0 Å². The Balaban J connectivity index is 1.77. The molecule has 0 bridgehead atoms. The molecule has 3 rings (SSSR count).